The van der Waals surface area contributed by atoms with Gasteiger partial charge in [0.15, 0.2) is 11.6 Å². The van der Waals surface area contributed by atoms with Crippen LogP contribution in [-0.2, 0) is 4.79 Å². The van der Waals surface area contributed by atoms with Gasteiger partial charge in [-0.1, -0.05) is 6.07 Å². The molecule has 2 N–H and O–H groups in total. The molecule has 0 heterocycles. The number of halogens is 1. The molecule has 1 atom stereocenters. The molecule has 20 heavy (non-hydrogen) atoms. The Morgan fingerprint density at radius 3 is 2.65 bits per heavy atom. The van der Waals surface area contributed by atoms with Crippen molar-refractivity contribution in [3.05, 3.63) is 29.6 Å². The number of carbonyl (C=O) groups is 1. The summed E-state index contributed by atoms with van der Waals surface area (Å²) in [6.45, 7) is 6.23. The van der Waals surface area contributed by atoms with Gasteiger partial charge in [0, 0.05) is 19.6 Å². The molecule has 0 saturated heterocycles. The molecule has 0 spiro atoms. The molecule has 112 valence electrons. The Morgan fingerprint density at radius 2 is 2.10 bits per heavy atom. The molecule has 5 heteroatoms. The topological polar surface area (TPSA) is 50.4 Å². The van der Waals surface area contributed by atoms with Crippen molar-refractivity contribution in [1.82, 2.24) is 10.6 Å². The number of nitrogens with one attached hydrogen (secondary N) is 2. The lowest BCUT2D eigenvalue weighted by Gasteiger charge is -2.25. The molecule has 0 radical (unpaired) electrons. The van der Waals surface area contributed by atoms with Crippen LogP contribution >= 0.6 is 0 Å². The summed E-state index contributed by atoms with van der Waals surface area (Å²) >= 11 is 0. The van der Waals surface area contributed by atoms with Crippen LogP contribution in [0.3, 0.4) is 0 Å². The van der Waals surface area contributed by atoms with E-state index in [2.05, 4.69) is 10.6 Å². The number of amides is 1. The normalized spacial score (nSPS) is 12.9. The van der Waals surface area contributed by atoms with Crippen molar-refractivity contribution in [2.45, 2.75) is 26.8 Å². The summed E-state index contributed by atoms with van der Waals surface area (Å²) in [6.07, 6.45) is 0. The maximum Gasteiger partial charge on any atom is 0.226 e. The number of ether oxygens (including phenoxy) is 1. The first-order chi connectivity index (χ1) is 9.31. The molecular formula is C15H23FN2O2. The Morgan fingerprint density at radius 1 is 1.45 bits per heavy atom. The van der Waals surface area contributed by atoms with E-state index in [0.29, 0.717) is 6.54 Å². The second-order valence-corrected chi connectivity index (χ2v) is 5.46. The van der Waals surface area contributed by atoms with Gasteiger partial charge < -0.3 is 15.4 Å². The standard InChI is InChI=1S/C15H23FN2O2/c1-10(18-9-15(2,3)14(19)17-4)11-6-7-12(16)13(8-11)20-5/h6-8,10,18H,9H2,1-5H3,(H,17,19). The van der Waals surface area contributed by atoms with Crippen molar-refractivity contribution in [1.29, 1.82) is 0 Å². The van der Waals surface area contributed by atoms with Crippen LogP contribution in [0, 0.1) is 11.2 Å². The summed E-state index contributed by atoms with van der Waals surface area (Å²) in [6, 6.07) is 4.76. The van der Waals surface area contributed by atoms with E-state index in [9.17, 15) is 9.18 Å². The Balaban J connectivity index is 2.72. The van der Waals surface area contributed by atoms with Crippen LogP contribution < -0.4 is 15.4 Å². The van der Waals surface area contributed by atoms with Crippen molar-refractivity contribution in [3.63, 3.8) is 0 Å². The zero-order valence-corrected chi connectivity index (χ0v) is 12.7. The fraction of sp³-hybridized carbons (Fsp3) is 0.533. The molecule has 0 aromatic heterocycles. The number of hydrogen-bond acceptors (Lipinski definition) is 3. The minimum atomic E-state index is -0.507. The lowest BCUT2D eigenvalue weighted by Crippen LogP contribution is -2.42. The van der Waals surface area contributed by atoms with Gasteiger partial charge in [0.1, 0.15) is 0 Å². The molecule has 0 bridgehead atoms. The Hall–Kier alpha value is -1.62. The molecule has 0 aliphatic heterocycles. The smallest absolute Gasteiger partial charge is 0.226 e. The van der Waals surface area contributed by atoms with Gasteiger partial charge in [0.25, 0.3) is 0 Å². The van der Waals surface area contributed by atoms with E-state index in [0.717, 1.165) is 5.56 Å². The molecule has 1 unspecified atom stereocenters. The van der Waals surface area contributed by atoms with Gasteiger partial charge in [-0.2, -0.15) is 0 Å². The first kappa shape index (κ1) is 16.4. The summed E-state index contributed by atoms with van der Waals surface area (Å²) in [5.74, 6) is -0.176. The van der Waals surface area contributed by atoms with Crippen molar-refractivity contribution in [2.75, 3.05) is 20.7 Å². The predicted molar refractivity (Wildman–Crippen MR) is 77.2 cm³/mol. The fourth-order valence-electron chi connectivity index (χ4n) is 1.89. The minimum Gasteiger partial charge on any atom is -0.494 e. The molecule has 1 amide bonds. The van der Waals surface area contributed by atoms with E-state index < -0.39 is 5.41 Å². The third-order valence-electron chi connectivity index (χ3n) is 3.37. The average Bonchev–Trinajstić information content (AvgIpc) is 2.44. The van der Waals surface area contributed by atoms with Crippen LogP contribution in [0.15, 0.2) is 18.2 Å². The van der Waals surface area contributed by atoms with Gasteiger partial charge in [-0.15, -0.1) is 0 Å². The highest BCUT2D eigenvalue weighted by Crippen LogP contribution is 2.23. The van der Waals surface area contributed by atoms with Crippen LogP contribution in [0.1, 0.15) is 32.4 Å². The third kappa shape index (κ3) is 3.93. The molecule has 1 aromatic rings. The molecule has 0 saturated carbocycles. The summed E-state index contributed by atoms with van der Waals surface area (Å²) in [5, 5.41) is 5.93. The monoisotopic (exact) mass is 282 g/mol. The summed E-state index contributed by atoms with van der Waals surface area (Å²) in [7, 11) is 3.06. The SMILES string of the molecule is CNC(=O)C(C)(C)CNC(C)c1ccc(F)c(OC)c1. The van der Waals surface area contributed by atoms with Gasteiger partial charge in [-0.25, -0.2) is 4.39 Å². The minimum absolute atomic E-state index is 0.00608. The predicted octanol–water partition coefficient (Wildman–Crippen LogP) is 2.26. The first-order valence-electron chi connectivity index (χ1n) is 6.61. The molecule has 0 aliphatic rings. The number of carbonyl (C=O) groups excluding carboxylic acids is 1. The maximum absolute atomic E-state index is 13.4. The van der Waals surface area contributed by atoms with Crippen LogP contribution in [-0.4, -0.2) is 26.6 Å². The van der Waals surface area contributed by atoms with Crippen molar-refractivity contribution < 1.29 is 13.9 Å². The summed E-state index contributed by atoms with van der Waals surface area (Å²) in [4.78, 5) is 11.7. The van der Waals surface area contributed by atoms with E-state index in [1.807, 2.05) is 20.8 Å². The molecule has 1 rings (SSSR count). The van der Waals surface area contributed by atoms with Crippen molar-refractivity contribution in [2.24, 2.45) is 5.41 Å². The average molecular weight is 282 g/mol. The van der Waals surface area contributed by atoms with E-state index in [4.69, 9.17) is 4.74 Å². The number of benzene rings is 1. The second kappa shape index (κ2) is 6.70. The molecule has 0 aliphatic carbocycles. The summed E-state index contributed by atoms with van der Waals surface area (Å²) < 4.78 is 18.3. The number of methoxy groups -OCH3 is 1. The highest BCUT2D eigenvalue weighted by Gasteiger charge is 2.26. The zero-order chi connectivity index (χ0) is 15.3. The quantitative estimate of drug-likeness (QED) is 0.841. The van der Waals surface area contributed by atoms with Gasteiger partial charge >= 0.3 is 0 Å². The van der Waals surface area contributed by atoms with E-state index in [1.165, 1.54) is 13.2 Å². The fourth-order valence-corrected chi connectivity index (χ4v) is 1.89. The van der Waals surface area contributed by atoms with Gasteiger partial charge in [0.05, 0.1) is 12.5 Å². The molecule has 1 aromatic carbocycles. The van der Waals surface area contributed by atoms with E-state index in [-0.39, 0.29) is 23.5 Å². The summed E-state index contributed by atoms with van der Waals surface area (Å²) in [5.41, 5.74) is 0.406. The highest BCUT2D eigenvalue weighted by atomic mass is 19.1. The van der Waals surface area contributed by atoms with Crippen molar-refractivity contribution >= 4 is 5.91 Å². The lowest BCUT2D eigenvalue weighted by molar-refractivity contribution is -0.128. The van der Waals surface area contributed by atoms with Crippen molar-refractivity contribution in [3.8, 4) is 5.75 Å². The van der Waals surface area contributed by atoms with E-state index in [1.54, 1.807) is 19.2 Å². The number of hydrogen-bond donors (Lipinski definition) is 2. The Kier molecular flexibility index (Phi) is 5.51. The second-order valence-electron chi connectivity index (χ2n) is 5.46. The molecule has 4 nitrogen and oxygen atoms in total. The van der Waals surface area contributed by atoms with Crippen LogP contribution in [0.4, 0.5) is 4.39 Å². The molecule has 0 fully saturated rings. The number of rotatable bonds is 6. The van der Waals surface area contributed by atoms with Gasteiger partial charge in [0.2, 0.25) is 5.91 Å². The zero-order valence-electron chi connectivity index (χ0n) is 12.7. The Labute approximate surface area is 119 Å². The molecular weight excluding hydrogens is 259 g/mol. The van der Waals surface area contributed by atoms with E-state index >= 15 is 0 Å². The Bertz CT molecular complexity index is 475. The first-order valence-corrected chi connectivity index (χ1v) is 6.61. The lowest BCUT2D eigenvalue weighted by atomic mass is 9.91. The third-order valence-corrected chi connectivity index (χ3v) is 3.37. The van der Waals surface area contributed by atoms with Crippen LogP contribution in [0.25, 0.3) is 0 Å². The largest absolute Gasteiger partial charge is 0.494 e. The van der Waals surface area contributed by atoms with Gasteiger partial charge in [-0.05, 0) is 38.5 Å². The maximum atomic E-state index is 13.4. The van der Waals surface area contributed by atoms with Gasteiger partial charge in [-0.3, -0.25) is 4.79 Å². The highest BCUT2D eigenvalue weighted by molar-refractivity contribution is 5.81. The van der Waals surface area contributed by atoms with Crippen LogP contribution in [0.5, 0.6) is 5.75 Å². The van der Waals surface area contributed by atoms with Crippen LogP contribution in [0.2, 0.25) is 0 Å².